The van der Waals surface area contributed by atoms with Crippen LogP contribution in [0.5, 0.6) is 5.75 Å². The molecule has 2 aromatic rings. The Morgan fingerprint density at radius 1 is 1.04 bits per heavy atom. The number of hydrogen-bond donors (Lipinski definition) is 2. The van der Waals surface area contributed by atoms with Crippen LogP contribution in [0.3, 0.4) is 0 Å². The van der Waals surface area contributed by atoms with E-state index < -0.39 is 11.9 Å². The van der Waals surface area contributed by atoms with Gasteiger partial charge >= 0.3 is 0 Å². The predicted molar refractivity (Wildman–Crippen MR) is 101 cm³/mol. The van der Waals surface area contributed by atoms with Gasteiger partial charge in [-0.2, -0.15) is 0 Å². The molecule has 1 unspecified atom stereocenters. The number of ether oxygens (including phenoxy) is 1. The number of carbonyl (C=O) groups excluding carboxylic acids is 2. The fraction of sp³-hybridized carbons (Fsp3) is 0.333. The lowest BCUT2D eigenvalue weighted by atomic mass is 9.93. The third kappa shape index (κ3) is 3.80. The van der Waals surface area contributed by atoms with Crippen LogP contribution in [0.25, 0.3) is 0 Å². The lowest BCUT2D eigenvalue weighted by Gasteiger charge is -2.34. The van der Waals surface area contributed by atoms with Crippen molar-refractivity contribution in [1.82, 2.24) is 10.2 Å². The van der Waals surface area contributed by atoms with Crippen molar-refractivity contribution in [1.29, 1.82) is 0 Å². The molecule has 0 fully saturated rings. The zero-order chi connectivity index (χ0) is 18.8. The van der Waals surface area contributed by atoms with Gasteiger partial charge in [0.05, 0.1) is 19.1 Å². The molecular weight excluding hydrogens is 342 g/mol. The second-order valence-corrected chi connectivity index (χ2v) is 7.15. The molecule has 2 aromatic carbocycles. The number of nitrogens with two attached hydrogens (primary N) is 1. The van der Waals surface area contributed by atoms with Crippen LogP contribution in [0.15, 0.2) is 48.5 Å². The van der Waals surface area contributed by atoms with Gasteiger partial charge in [-0.05, 0) is 29.2 Å². The Balaban J connectivity index is 1.34. The maximum atomic E-state index is 12.5. The second kappa shape index (κ2) is 7.40. The predicted octanol–water partition coefficient (Wildman–Crippen LogP) is 1.02. The topological polar surface area (TPSA) is 84.7 Å². The molecule has 0 aliphatic carbocycles. The molecule has 0 bridgehead atoms. The number of carbonyl (C=O) groups is 2. The van der Waals surface area contributed by atoms with Crippen molar-refractivity contribution in [2.45, 2.75) is 31.5 Å². The Morgan fingerprint density at radius 2 is 1.74 bits per heavy atom. The lowest BCUT2D eigenvalue weighted by molar-refractivity contribution is -0.127. The SMILES string of the molecule is NC(=O)[C@@H]1Cc2ccccc2CN1CC(=O)NCC1Cc2ccccc2O1. The number of hydrogen-bond acceptors (Lipinski definition) is 4. The average Bonchev–Trinajstić information content (AvgIpc) is 3.08. The summed E-state index contributed by atoms with van der Waals surface area (Å²) in [5, 5.41) is 2.93. The summed E-state index contributed by atoms with van der Waals surface area (Å²) < 4.78 is 5.85. The van der Waals surface area contributed by atoms with Gasteiger partial charge in [-0.1, -0.05) is 42.5 Å². The highest BCUT2D eigenvalue weighted by molar-refractivity contribution is 5.83. The molecule has 2 heterocycles. The molecule has 0 spiro atoms. The first kappa shape index (κ1) is 17.5. The van der Waals surface area contributed by atoms with E-state index in [1.165, 1.54) is 0 Å². The number of nitrogens with one attached hydrogen (secondary N) is 1. The summed E-state index contributed by atoms with van der Waals surface area (Å²) in [6, 6.07) is 15.4. The van der Waals surface area contributed by atoms with Gasteiger partial charge in [-0.3, -0.25) is 14.5 Å². The van der Waals surface area contributed by atoms with Crippen molar-refractivity contribution in [2.75, 3.05) is 13.1 Å². The number of benzene rings is 2. The van der Waals surface area contributed by atoms with E-state index in [0.29, 0.717) is 19.5 Å². The monoisotopic (exact) mass is 365 g/mol. The molecule has 2 amide bonds. The van der Waals surface area contributed by atoms with Crippen molar-refractivity contribution in [3.8, 4) is 5.75 Å². The van der Waals surface area contributed by atoms with Gasteiger partial charge in [-0.15, -0.1) is 0 Å². The number of rotatable bonds is 5. The molecule has 3 N–H and O–H groups in total. The van der Waals surface area contributed by atoms with Crippen LogP contribution in [-0.4, -0.2) is 41.9 Å². The largest absolute Gasteiger partial charge is 0.488 e. The van der Waals surface area contributed by atoms with Crippen LogP contribution in [0.1, 0.15) is 16.7 Å². The summed E-state index contributed by atoms with van der Waals surface area (Å²) >= 11 is 0. The van der Waals surface area contributed by atoms with Crippen molar-refractivity contribution in [3.63, 3.8) is 0 Å². The van der Waals surface area contributed by atoms with Crippen LogP contribution >= 0.6 is 0 Å². The third-order valence-corrected chi connectivity index (χ3v) is 5.26. The Kier molecular flexibility index (Phi) is 4.81. The zero-order valence-electron chi connectivity index (χ0n) is 15.1. The van der Waals surface area contributed by atoms with Gasteiger partial charge in [0.15, 0.2) is 0 Å². The van der Waals surface area contributed by atoms with Gasteiger partial charge in [0.2, 0.25) is 11.8 Å². The van der Waals surface area contributed by atoms with Gasteiger partial charge < -0.3 is 15.8 Å². The van der Waals surface area contributed by atoms with Gasteiger partial charge in [0.25, 0.3) is 0 Å². The molecule has 2 aliphatic rings. The quantitative estimate of drug-likeness (QED) is 0.829. The Labute approximate surface area is 158 Å². The molecule has 27 heavy (non-hydrogen) atoms. The number of nitrogens with zero attached hydrogens (tertiary/aromatic N) is 1. The van der Waals surface area contributed by atoms with Crippen molar-refractivity contribution < 1.29 is 14.3 Å². The van der Waals surface area contributed by atoms with Crippen LogP contribution in [0, 0.1) is 0 Å². The summed E-state index contributed by atoms with van der Waals surface area (Å²) in [6.45, 7) is 1.13. The molecule has 2 atom stereocenters. The van der Waals surface area contributed by atoms with Crippen LogP contribution in [0.4, 0.5) is 0 Å². The highest BCUT2D eigenvalue weighted by atomic mass is 16.5. The first-order valence-electron chi connectivity index (χ1n) is 9.21. The van der Waals surface area contributed by atoms with E-state index in [1.54, 1.807) is 0 Å². The van der Waals surface area contributed by atoms with E-state index in [-0.39, 0.29) is 18.6 Å². The van der Waals surface area contributed by atoms with E-state index in [4.69, 9.17) is 10.5 Å². The second-order valence-electron chi connectivity index (χ2n) is 7.15. The fourth-order valence-electron chi connectivity index (χ4n) is 3.86. The fourth-order valence-corrected chi connectivity index (χ4v) is 3.86. The van der Waals surface area contributed by atoms with E-state index in [2.05, 4.69) is 5.32 Å². The average molecular weight is 365 g/mol. The minimum absolute atomic E-state index is 0.0552. The van der Waals surface area contributed by atoms with Crippen LogP contribution in [-0.2, 0) is 29.0 Å². The molecule has 140 valence electrons. The molecule has 6 nitrogen and oxygen atoms in total. The maximum Gasteiger partial charge on any atom is 0.235 e. The summed E-state index contributed by atoms with van der Waals surface area (Å²) in [4.78, 5) is 26.2. The smallest absolute Gasteiger partial charge is 0.235 e. The normalized spacial score (nSPS) is 21.0. The summed E-state index contributed by atoms with van der Waals surface area (Å²) in [5.74, 6) is 0.366. The zero-order valence-corrected chi connectivity index (χ0v) is 15.1. The van der Waals surface area contributed by atoms with E-state index >= 15 is 0 Å². The minimum Gasteiger partial charge on any atom is -0.488 e. The van der Waals surface area contributed by atoms with Crippen LogP contribution in [0.2, 0.25) is 0 Å². The van der Waals surface area contributed by atoms with E-state index in [0.717, 1.165) is 28.9 Å². The highest BCUT2D eigenvalue weighted by Gasteiger charge is 2.31. The Bertz CT molecular complexity index is 842. The number of fused-ring (bicyclic) bond motifs is 2. The molecular formula is C21H23N3O3. The van der Waals surface area contributed by atoms with E-state index in [9.17, 15) is 9.59 Å². The molecule has 0 saturated heterocycles. The standard InChI is InChI=1S/C21H23N3O3/c22-21(26)18-10-14-5-1-2-7-16(14)12-24(18)13-20(25)23-11-17-9-15-6-3-4-8-19(15)27-17/h1-8,17-18H,9-13H2,(H2,22,26)(H,23,25)/t17?,18-/m0/s1. The number of amides is 2. The Hall–Kier alpha value is -2.86. The molecule has 2 aliphatic heterocycles. The molecule has 0 saturated carbocycles. The Morgan fingerprint density at radius 3 is 2.48 bits per heavy atom. The molecule has 6 heteroatoms. The lowest BCUT2D eigenvalue weighted by Crippen LogP contribution is -2.52. The van der Waals surface area contributed by atoms with Gasteiger partial charge in [0, 0.05) is 13.0 Å². The first-order chi connectivity index (χ1) is 13.1. The molecule has 0 radical (unpaired) electrons. The van der Waals surface area contributed by atoms with Gasteiger partial charge in [-0.25, -0.2) is 0 Å². The minimum atomic E-state index is -0.461. The summed E-state index contributed by atoms with van der Waals surface area (Å²) in [5.41, 5.74) is 9.00. The van der Waals surface area contributed by atoms with Crippen molar-refractivity contribution in [2.24, 2.45) is 5.73 Å². The van der Waals surface area contributed by atoms with E-state index in [1.807, 2.05) is 53.4 Å². The number of para-hydroxylation sites is 1. The third-order valence-electron chi connectivity index (χ3n) is 5.26. The summed E-state index contributed by atoms with van der Waals surface area (Å²) in [6.07, 6.45) is 1.28. The highest BCUT2D eigenvalue weighted by Crippen LogP contribution is 2.27. The number of primary amides is 1. The maximum absolute atomic E-state index is 12.5. The molecule has 4 rings (SSSR count). The first-order valence-corrected chi connectivity index (χ1v) is 9.21. The molecule has 0 aromatic heterocycles. The van der Waals surface area contributed by atoms with Crippen LogP contribution < -0.4 is 15.8 Å². The summed E-state index contributed by atoms with van der Waals surface area (Å²) in [7, 11) is 0. The van der Waals surface area contributed by atoms with Gasteiger partial charge in [0.1, 0.15) is 11.9 Å². The van der Waals surface area contributed by atoms with Crippen molar-refractivity contribution >= 4 is 11.8 Å². The van der Waals surface area contributed by atoms with Crippen molar-refractivity contribution in [3.05, 3.63) is 65.2 Å².